The van der Waals surface area contributed by atoms with Crippen molar-refractivity contribution in [2.24, 2.45) is 0 Å². The van der Waals surface area contributed by atoms with Crippen molar-refractivity contribution in [2.75, 3.05) is 12.3 Å². The highest BCUT2D eigenvalue weighted by Gasteiger charge is 2.51. The summed E-state index contributed by atoms with van der Waals surface area (Å²) in [4.78, 5) is 12.3. The third kappa shape index (κ3) is 2.06. The van der Waals surface area contributed by atoms with Gasteiger partial charge < -0.3 is 9.84 Å². The van der Waals surface area contributed by atoms with Crippen molar-refractivity contribution in [1.82, 2.24) is 4.31 Å². The molecule has 2 aliphatic heterocycles. The van der Waals surface area contributed by atoms with Crippen molar-refractivity contribution in [3.8, 4) is 0 Å². The lowest BCUT2D eigenvalue weighted by Crippen LogP contribution is -2.32. The van der Waals surface area contributed by atoms with Gasteiger partial charge in [-0.15, -0.1) is 0 Å². The molecule has 0 bridgehead atoms. The number of carbonyl (C=O) groups excluding carboxylic acids is 1. The maximum Gasteiger partial charge on any atom is 0.252 e. The third-order valence-corrected chi connectivity index (χ3v) is 5.70. The molecule has 1 atom stereocenters. The van der Waals surface area contributed by atoms with E-state index in [0.29, 0.717) is 12.0 Å². The van der Waals surface area contributed by atoms with Gasteiger partial charge in [-0.2, -0.15) is 0 Å². The molecule has 1 saturated heterocycles. The van der Waals surface area contributed by atoms with E-state index in [2.05, 4.69) is 0 Å². The lowest BCUT2D eigenvalue weighted by molar-refractivity contribution is -0.132. The third-order valence-electron chi connectivity index (χ3n) is 3.87. The Morgan fingerprint density at radius 3 is 2.50 bits per heavy atom. The van der Waals surface area contributed by atoms with Gasteiger partial charge in [-0.05, 0) is 25.5 Å². The Balaban J connectivity index is 2.00. The summed E-state index contributed by atoms with van der Waals surface area (Å²) >= 11 is 0. The van der Waals surface area contributed by atoms with Crippen LogP contribution in [0.5, 0.6) is 0 Å². The minimum Gasteiger partial charge on any atom is -0.501 e. The number of aliphatic hydroxyl groups excluding tert-OH is 1. The summed E-state index contributed by atoms with van der Waals surface area (Å²) in [6.07, 6.45) is 0.393. The zero-order chi connectivity index (χ0) is 16.1. The minimum atomic E-state index is -3.59. The zero-order valence-electron chi connectivity index (χ0n) is 11.7. The van der Waals surface area contributed by atoms with Gasteiger partial charge in [0.25, 0.3) is 11.7 Å². The number of hydrogen-bond donors (Lipinski definition) is 1. The second kappa shape index (κ2) is 4.70. The molecule has 3 rings (SSSR count). The van der Waals surface area contributed by atoms with Crippen LogP contribution < -0.4 is 0 Å². The molecule has 1 unspecified atom stereocenters. The molecule has 1 aromatic carbocycles. The van der Waals surface area contributed by atoms with E-state index in [9.17, 15) is 22.7 Å². The number of sulfonamides is 1. The van der Waals surface area contributed by atoms with E-state index in [4.69, 9.17) is 4.74 Å². The maximum absolute atomic E-state index is 13.0. The Kier molecular flexibility index (Phi) is 3.17. The lowest BCUT2D eigenvalue weighted by atomic mass is 9.92. The molecule has 1 aromatic rings. The van der Waals surface area contributed by atoms with Crippen LogP contribution >= 0.6 is 0 Å². The van der Waals surface area contributed by atoms with E-state index >= 15 is 0 Å². The molecule has 0 radical (unpaired) electrons. The average Bonchev–Trinajstić information content (AvgIpc) is 2.92. The van der Waals surface area contributed by atoms with Gasteiger partial charge in [0.05, 0.1) is 5.75 Å². The first kappa shape index (κ1) is 14.8. The fraction of sp³-hybridized carbons (Fsp3) is 0.357. The smallest absolute Gasteiger partial charge is 0.252 e. The fourth-order valence-electron chi connectivity index (χ4n) is 2.61. The van der Waals surface area contributed by atoms with Crippen molar-refractivity contribution in [2.45, 2.75) is 18.9 Å². The minimum absolute atomic E-state index is 0.0609. The summed E-state index contributed by atoms with van der Waals surface area (Å²) in [5.41, 5.74) is -1.25. The first-order valence-electron chi connectivity index (χ1n) is 6.69. The Bertz CT molecular complexity index is 771. The quantitative estimate of drug-likeness (QED) is 0.888. The molecule has 0 saturated carbocycles. The predicted octanol–water partition coefficient (Wildman–Crippen LogP) is 1.40. The number of aliphatic hydroxyl groups is 1. The van der Waals surface area contributed by atoms with Gasteiger partial charge in [0.2, 0.25) is 15.8 Å². The van der Waals surface area contributed by atoms with Gasteiger partial charge in [0.1, 0.15) is 5.82 Å². The molecular formula is C14H14FNO5S. The Labute approximate surface area is 126 Å². The number of ether oxygens (including phenoxy) is 1. The first-order chi connectivity index (χ1) is 10.3. The Morgan fingerprint density at radius 2 is 1.95 bits per heavy atom. The fourth-order valence-corrected chi connectivity index (χ4v) is 4.10. The molecule has 0 aliphatic carbocycles. The van der Waals surface area contributed by atoms with Crippen LogP contribution in [-0.4, -0.2) is 35.9 Å². The molecule has 2 aliphatic rings. The first-order valence-corrected chi connectivity index (χ1v) is 8.30. The predicted molar refractivity (Wildman–Crippen MR) is 74.6 cm³/mol. The van der Waals surface area contributed by atoms with E-state index in [-0.39, 0.29) is 18.2 Å². The highest BCUT2D eigenvalue weighted by atomic mass is 32.2. The monoisotopic (exact) mass is 327 g/mol. The van der Waals surface area contributed by atoms with Crippen LogP contribution in [0.15, 0.2) is 35.9 Å². The largest absolute Gasteiger partial charge is 0.501 e. The number of ketones is 1. The number of hydrogen-bond acceptors (Lipinski definition) is 5. The van der Waals surface area contributed by atoms with E-state index in [1.54, 1.807) is 0 Å². The molecule has 0 amide bonds. The van der Waals surface area contributed by atoms with Crippen LogP contribution in [0.2, 0.25) is 0 Å². The van der Waals surface area contributed by atoms with Crippen LogP contribution in [0.25, 0.3) is 0 Å². The molecule has 1 N–H and O–H groups in total. The molecule has 2 heterocycles. The molecule has 0 aromatic heterocycles. The maximum atomic E-state index is 13.0. The van der Waals surface area contributed by atoms with Crippen LogP contribution in [-0.2, 0) is 25.2 Å². The van der Waals surface area contributed by atoms with Crippen LogP contribution in [0.1, 0.15) is 18.9 Å². The van der Waals surface area contributed by atoms with E-state index < -0.39 is 33.0 Å². The second-order valence-electron chi connectivity index (χ2n) is 5.37. The Hall–Kier alpha value is -2.09. The van der Waals surface area contributed by atoms with Gasteiger partial charge in [-0.1, -0.05) is 12.1 Å². The summed E-state index contributed by atoms with van der Waals surface area (Å²) < 4.78 is 43.3. The van der Waals surface area contributed by atoms with E-state index in [0.717, 1.165) is 4.31 Å². The zero-order valence-corrected chi connectivity index (χ0v) is 12.6. The number of halogens is 1. The summed E-state index contributed by atoms with van der Waals surface area (Å²) in [5, 5.41) is 10.0. The standard InChI is InChI=1S/C14H14FNO5S/c1-14(9-3-5-10(15)6-4-9)12(18)11(17)13(21-14)16-7-2-8-22(16,19)20/h3-6,17H,2,7-8H2,1H3. The van der Waals surface area contributed by atoms with Crippen LogP contribution in [0.4, 0.5) is 4.39 Å². The normalized spacial score (nSPS) is 27.4. The van der Waals surface area contributed by atoms with Crippen molar-refractivity contribution in [3.05, 3.63) is 47.3 Å². The van der Waals surface area contributed by atoms with Crippen LogP contribution in [0.3, 0.4) is 0 Å². The van der Waals surface area contributed by atoms with Gasteiger partial charge in [0, 0.05) is 12.1 Å². The number of benzene rings is 1. The van der Waals surface area contributed by atoms with Crippen molar-refractivity contribution in [1.29, 1.82) is 0 Å². The molecule has 6 nitrogen and oxygen atoms in total. The number of nitrogens with zero attached hydrogens (tertiary/aromatic N) is 1. The lowest BCUT2D eigenvalue weighted by Gasteiger charge is -2.26. The molecular weight excluding hydrogens is 313 g/mol. The van der Waals surface area contributed by atoms with Gasteiger partial charge in [-0.25, -0.2) is 17.1 Å². The SMILES string of the molecule is CC1(c2ccc(F)cc2)OC(N2CCCS2(=O)=O)=C(O)C1=O. The average molecular weight is 327 g/mol. The molecule has 22 heavy (non-hydrogen) atoms. The Morgan fingerprint density at radius 1 is 1.32 bits per heavy atom. The highest BCUT2D eigenvalue weighted by molar-refractivity contribution is 7.89. The molecule has 118 valence electrons. The van der Waals surface area contributed by atoms with E-state index in [1.165, 1.54) is 31.2 Å². The van der Waals surface area contributed by atoms with Crippen molar-refractivity contribution < 1.29 is 27.4 Å². The van der Waals surface area contributed by atoms with Crippen LogP contribution in [0, 0.1) is 5.82 Å². The summed E-state index contributed by atoms with van der Waals surface area (Å²) in [7, 11) is -3.59. The number of Topliss-reactive ketones (excluding diaryl/α,β-unsaturated/α-hetero) is 1. The van der Waals surface area contributed by atoms with Crippen molar-refractivity contribution in [3.63, 3.8) is 0 Å². The number of rotatable bonds is 2. The van der Waals surface area contributed by atoms with Gasteiger partial charge in [0.15, 0.2) is 5.60 Å². The van der Waals surface area contributed by atoms with Gasteiger partial charge in [-0.3, -0.25) is 4.79 Å². The highest BCUT2D eigenvalue weighted by Crippen LogP contribution is 2.40. The summed E-state index contributed by atoms with van der Waals surface area (Å²) in [6, 6.07) is 5.06. The number of carbonyl (C=O) groups is 1. The summed E-state index contributed by atoms with van der Waals surface area (Å²) in [6.45, 7) is 1.56. The second-order valence-corrected chi connectivity index (χ2v) is 7.38. The van der Waals surface area contributed by atoms with Crippen molar-refractivity contribution >= 4 is 15.8 Å². The summed E-state index contributed by atoms with van der Waals surface area (Å²) in [5.74, 6) is -2.37. The molecule has 8 heteroatoms. The van der Waals surface area contributed by atoms with E-state index in [1.807, 2.05) is 0 Å². The molecule has 1 fully saturated rings. The van der Waals surface area contributed by atoms with Gasteiger partial charge >= 0.3 is 0 Å². The molecule has 0 spiro atoms. The topological polar surface area (TPSA) is 83.9 Å².